The van der Waals surface area contributed by atoms with Crippen LogP contribution < -0.4 is 0 Å². The first-order chi connectivity index (χ1) is 13.1. The van der Waals surface area contributed by atoms with E-state index in [0.29, 0.717) is 19.1 Å². The number of hydrogen-bond acceptors (Lipinski definition) is 5. The van der Waals surface area contributed by atoms with Gasteiger partial charge >= 0.3 is 12.1 Å². The Balaban J connectivity index is 2.06. The molecular formula is C18H27F3N4O3. The molecule has 1 aliphatic rings. The number of hydrogen-bond donors (Lipinski definition) is 0. The average Bonchev–Trinajstić information content (AvgIpc) is 3.06. The third kappa shape index (κ3) is 6.22. The van der Waals surface area contributed by atoms with Crippen molar-refractivity contribution >= 4 is 11.9 Å². The number of aromatic nitrogens is 2. The molecule has 1 saturated heterocycles. The zero-order chi connectivity index (χ0) is 20.9. The molecule has 1 aromatic rings. The van der Waals surface area contributed by atoms with Crippen molar-refractivity contribution in [2.24, 2.45) is 0 Å². The van der Waals surface area contributed by atoms with E-state index in [4.69, 9.17) is 4.74 Å². The van der Waals surface area contributed by atoms with Crippen molar-refractivity contribution in [1.82, 2.24) is 19.4 Å². The second-order valence-corrected chi connectivity index (χ2v) is 7.02. The van der Waals surface area contributed by atoms with Crippen molar-refractivity contribution in [3.8, 4) is 0 Å². The Kier molecular flexibility index (Phi) is 7.45. The molecular weight excluding hydrogens is 377 g/mol. The third-order valence-corrected chi connectivity index (χ3v) is 4.99. The monoisotopic (exact) mass is 404 g/mol. The molecule has 0 radical (unpaired) electrons. The lowest BCUT2D eigenvalue weighted by Crippen LogP contribution is -2.45. The van der Waals surface area contributed by atoms with Crippen LogP contribution in [0.25, 0.3) is 0 Å². The number of carbonyl (C=O) groups excluding carboxylic acids is 2. The molecule has 1 aliphatic heterocycles. The molecule has 0 bridgehead atoms. The minimum atomic E-state index is -4.45. The summed E-state index contributed by atoms with van der Waals surface area (Å²) in [6.07, 6.45) is -1.81. The first-order valence-corrected chi connectivity index (χ1v) is 9.33. The van der Waals surface area contributed by atoms with Crippen LogP contribution in [0.2, 0.25) is 0 Å². The highest BCUT2D eigenvalue weighted by Gasteiger charge is 2.33. The molecule has 0 aliphatic carbocycles. The van der Waals surface area contributed by atoms with Crippen molar-refractivity contribution in [2.75, 3.05) is 26.7 Å². The average molecular weight is 404 g/mol. The Morgan fingerprint density at radius 1 is 1.36 bits per heavy atom. The third-order valence-electron chi connectivity index (χ3n) is 4.99. The normalized spacial score (nSPS) is 17.0. The van der Waals surface area contributed by atoms with Gasteiger partial charge in [-0.2, -0.15) is 13.2 Å². The standard InChI is InChI=1S/C18H27F3N4O3/c1-4-23(3)14-5-8-24(9-6-14)16(27)11-15(28-13(2)26)17-22-7-10-25(17)12-18(19,20)21/h7,10,14-15H,4-6,8-9,11-12H2,1-3H3/t15-/m1/s1. The van der Waals surface area contributed by atoms with Crippen LogP contribution in [0.1, 0.15) is 45.0 Å². The van der Waals surface area contributed by atoms with Crippen LogP contribution in [-0.2, 0) is 20.9 Å². The van der Waals surface area contributed by atoms with E-state index in [-0.39, 0.29) is 18.2 Å². The highest BCUT2D eigenvalue weighted by Crippen LogP contribution is 2.26. The maximum absolute atomic E-state index is 12.8. The summed E-state index contributed by atoms with van der Waals surface area (Å²) in [6.45, 7) is 4.03. The highest BCUT2D eigenvalue weighted by molar-refractivity contribution is 5.77. The fourth-order valence-corrected chi connectivity index (χ4v) is 3.42. The summed E-state index contributed by atoms with van der Waals surface area (Å²) in [4.78, 5) is 31.9. The van der Waals surface area contributed by atoms with Gasteiger partial charge in [-0.15, -0.1) is 0 Å². The summed E-state index contributed by atoms with van der Waals surface area (Å²) >= 11 is 0. The Labute approximate surface area is 162 Å². The summed E-state index contributed by atoms with van der Waals surface area (Å²) in [7, 11) is 2.04. The second-order valence-electron chi connectivity index (χ2n) is 7.02. The number of rotatable bonds is 7. The molecule has 7 nitrogen and oxygen atoms in total. The zero-order valence-corrected chi connectivity index (χ0v) is 16.4. The van der Waals surface area contributed by atoms with E-state index in [1.165, 1.54) is 6.20 Å². The number of imidazole rings is 1. The Hall–Kier alpha value is -2.10. The van der Waals surface area contributed by atoms with E-state index in [9.17, 15) is 22.8 Å². The summed E-state index contributed by atoms with van der Waals surface area (Å²) < 4.78 is 44.3. The van der Waals surface area contributed by atoms with Gasteiger partial charge in [0.25, 0.3) is 0 Å². The number of carbonyl (C=O) groups is 2. The van der Waals surface area contributed by atoms with Crippen LogP contribution in [0.3, 0.4) is 0 Å². The van der Waals surface area contributed by atoms with Gasteiger partial charge in [-0.25, -0.2) is 4.98 Å². The van der Waals surface area contributed by atoms with Crippen LogP contribution in [0.4, 0.5) is 13.2 Å². The SMILES string of the molecule is CCN(C)C1CCN(C(=O)C[C@@H](OC(C)=O)c2nccn2CC(F)(F)F)CC1. The molecule has 1 amide bonds. The first kappa shape index (κ1) is 22.2. The lowest BCUT2D eigenvalue weighted by Gasteiger charge is -2.36. The van der Waals surface area contributed by atoms with Crippen molar-refractivity contribution in [3.63, 3.8) is 0 Å². The molecule has 158 valence electrons. The molecule has 0 aromatic carbocycles. The lowest BCUT2D eigenvalue weighted by atomic mass is 10.0. The largest absolute Gasteiger partial charge is 0.454 e. The molecule has 0 spiro atoms. The van der Waals surface area contributed by atoms with Crippen molar-refractivity contribution in [2.45, 2.75) is 58.0 Å². The maximum atomic E-state index is 12.8. The van der Waals surface area contributed by atoms with Gasteiger partial charge in [0.2, 0.25) is 5.91 Å². The van der Waals surface area contributed by atoms with E-state index in [1.807, 2.05) is 7.05 Å². The van der Waals surface area contributed by atoms with Crippen molar-refractivity contribution in [3.05, 3.63) is 18.2 Å². The minimum Gasteiger partial charge on any atom is -0.454 e. The predicted octanol–water partition coefficient (Wildman–Crippen LogP) is 2.38. The summed E-state index contributed by atoms with van der Waals surface area (Å²) in [5.74, 6) is -1.02. The van der Waals surface area contributed by atoms with Gasteiger partial charge in [0.05, 0.1) is 6.42 Å². The van der Waals surface area contributed by atoms with Gasteiger partial charge in [0.1, 0.15) is 6.54 Å². The van der Waals surface area contributed by atoms with Crippen molar-refractivity contribution in [1.29, 1.82) is 0 Å². The predicted molar refractivity (Wildman–Crippen MR) is 95.3 cm³/mol. The molecule has 2 rings (SSSR count). The Morgan fingerprint density at radius 3 is 2.54 bits per heavy atom. The number of nitrogens with zero attached hydrogens (tertiary/aromatic N) is 4. The topological polar surface area (TPSA) is 67.7 Å². The number of alkyl halides is 3. The van der Waals surface area contributed by atoms with Crippen LogP contribution in [-0.4, -0.2) is 70.1 Å². The lowest BCUT2D eigenvalue weighted by molar-refractivity contribution is -0.151. The number of esters is 1. The second kappa shape index (κ2) is 9.40. The van der Waals surface area contributed by atoms with Gasteiger partial charge in [-0.05, 0) is 26.4 Å². The molecule has 2 heterocycles. The van der Waals surface area contributed by atoms with Gasteiger partial charge < -0.3 is 19.1 Å². The molecule has 10 heteroatoms. The Bertz CT molecular complexity index is 669. The van der Waals surface area contributed by atoms with Gasteiger partial charge in [0.15, 0.2) is 11.9 Å². The van der Waals surface area contributed by atoms with E-state index in [1.54, 1.807) is 4.90 Å². The van der Waals surface area contributed by atoms with E-state index in [0.717, 1.165) is 37.1 Å². The fourth-order valence-electron chi connectivity index (χ4n) is 3.42. The summed E-state index contributed by atoms with van der Waals surface area (Å²) in [5, 5.41) is 0. The smallest absolute Gasteiger partial charge is 0.406 e. The van der Waals surface area contributed by atoms with Crippen molar-refractivity contribution < 1.29 is 27.5 Å². The molecule has 1 fully saturated rings. The molecule has 0 saturated carbocycles. The van der Waals surface area contributed by atoms with E-state index < -0.39 is 24.8 Å². The fraction of sp³-hybridized carbons (Fsp3) is 0.722. The summed E-state index contributed by atoms with van der Waals surface area (Å²) in [5.41, 5.74) is 0. The van der Waals surface area contributed by atoms with Crippen LogP contribution in [0.15, 0.2) is 12.4 Å². The van der Waals surface area contributed by atoms with Crippen LogP contribution in [0, 0.1) is 0 Å². The molecule has 28 heavy (non-hydrogen) atoms. The van der Waals surface area contributed by atoms with Crippen LogP contribution in [0.5, 0.6) is 0 Å². The van der Waals surface area contributed by atoms with E-state index in [2.05, 4.69) is 16.8 Å². The van der Waals surface area contributed by atoms with Gasteiger partial charge in [-0.3, -0.25) is 9.59 Å². The molecule has 0 N–H and O–H groups in total. The number of likely N-dealkylation sites (tertiary alicyclic amines) is 1. The number of ether oxygens (including phenoxy) is 1. The molecule has 1 aromatic heterocycles. The Morgan fingerprint density at radius 2 is 2.00 bits per heavy atom. The van der Waals surface area contributed by atoms with Crippen LogP contribution >= 0.6 is 0 Å². The minimum absolute atomic E-state index is 0.0820. The summed E-state index contributed by atoms with van der Waals surface area (Å²) in [6, 6.07) is 0.406. The number of amides is 1. The number of halogens is 3. The van der Waals surface area contributed by atoms with Gasteiger partial charge in [-0.1, -0.05) is 6.92 Å². The maximum Gasteiger partial charge on any atom is 0.406 e. The highest BCUT2D eigenvalue weighted by atomic mass is 19.4. The quantitative estimate of drug-likeness (QED) is 0.653. The zero-order valence-electron chi connectivity index (χ0n) is 16.4. The van der Waals surface area contributed by atoms with E-state index >= 15 is 0 Å². The molecule has 1 atom stereocenters. The first-order valence-electron chi connectivity index (χ1n) is 9.33. The van der Waals surface area contributed by atoms with Gasteiger partial charge in [0, 0.05) is 38.4 Å². The molecule has 0 unspecified atom stereocenters. The number of piperidine rings is 1.